The number of carbonyl (C=O) groups excluding carboxylic acids is 1. The van der Waals surface area contributed by atoms with Crippen molar-refractivity contribution in [2.75, 3.05) is 0 Å². The molecule has 146 valence electrons. The molecule has 1 amide bonds. The van der Waals surface area contributed by atoms with E-state index in [1.54, 1.807) is 24.4 Å². The molecular formula is C23H17N5O2. The van der Waals surface area contributed by atoms with Crippen LogP contribution in [0.2, 0.25) is 0 Å². The molecule has 0 radical (unpaired) electrons. The number of fused-ring (bicyclic) bond motifs is 2. The molecule has 3 aromatic carbocycles. The Labute approximate surface area is 171 Å². The van der Waals surface area contributed by atoms with E-state index in [0.29, 0.717) is 16.6 Å². The average Bonchev–Trinajstić information content (AvgIpc) is 3.39. The van der Waals surface area contributed by atoms with Crippen molar-refractivity contribution in [2.45, 2.75) is 6.54 Å². The number of carbonyl (C=O) groups is 1. The second-order valence-electron chi connectivity index (χ2n) is 6.88. The number of aromatic nitrogens is 3. The van der Waals surface area contributed by atoms with E-state index in [2.05, 4.69) is 48.2 Å². The fourth-order valence-electron chi connectivity index (χ4n) is 3.44. The van der Waals surface area contributed by atoms with Crippen LogP contribution in [0.15, 0.2) is 88.7 Å². The van der Waals surface area contributed by atoms with Crippen LogP contribution in [-0.4, -0.2) is 27.0 Å². The highest BCUT2D eigenvalue weighted by molar-refractivity contribution is 6.01. The van der Waals surface area contributed by atoms with Crippen LogP contribution in [0.1, 0.15) is 21.5 Å². The van der Waals surface area contributed by atoms with E-state index >= 15 is 0 Å². The van der Waals surface area contributed by atoms with E-state index in [-0.39, 0.29) is 5.91 Å². The first kappa shape index (κ1) is 17.8. The zero-order valence-corrected chi connectivity index (χ0v) is 15.9. The summed E-state index contributed by atoms with van der Waals surface area (Å²) in [7, 11) is 0. The van der Waals surface area contributed by atoms with Gasteiger partial charge in [-0.2, -0.15) is 5.10 Å². The fourth-order valence-corrected chi connectivity index (χ4v) is 3.44. The number of nitrogens with zero attached hydrogens (tertiary/aromatic N) is 4. The van der Waals surface area contributed by atoms with Crippen LogP contribution in [0.4, 0.5) is 0 Å². The van der Waals surface area contributed by atoms with Crippen molar-refractivity contribution in [3.05, 3.63) is 95.7 Å². The molecule has 0 atom stereocenters. The molecule has 0 saturated carbocycles. The minimum absolute atomic E-state index is 0.329. The fraction of sp³-hybridized carbons (Fsp3) is 0.0435. The molecule has 0 bridgehead atoms. The Morgan fingerprint density at radius 2 is 1.80 bits per heavy atom. The molecule has 0 aliphatic rings. The van der Waals surface area contributed by atoms with Gasteiger partial charge in [-0.3, -0.25) is 4.79 Å². The Kier molecular flexibility index (Phi) is 4.53. The van der Waals surface area contributed by atoms with Crippen LogP contribution in [0, 0.1) is 0 Å². The van der Waals surface area contributed by atoms with Crippen LogP contribution >= 0.6 is 0 Å². The van der Waals surface area contributed by atoms with E-state index < -0.39 is 0 Å². The van der Waals surface area contributed by atoms with Crippen LogP contribution in [0.5, 0.6) is 0 Å². The zero-order chi connectivity index (χ0) is 20.3. The zero-order valence-electron chi connectivity index (χ0n) is 15.9. The van der Waals surface area contributed by atoms with Gasteiger partial charge in [-0.25, -0.2) is 10.1 Å². The molecule has 5 aromatic rings. The molecule has 5 rings (SSSR count). The predicted octanol–water partition coefficient (Wildman–Crippen LogP) is 3.99. The van der Waals surface area contributed by atoms with Crippen molar-refractivity contribution in [3.63, 3.8) is 0 Å². The number of hydrazone groups is 1. The van der Waals surface area contributed by atoms with Crippen molar-refractivity contribution in [1.82, 2.24) is 20.3 Å². The SMILES string of the molecule is O=C(N/N=C/c1cn(Cc2ccccc2)c2ccccc12)c1ccc2nonc2c1. The normalized spacial score (nSPS) is 11.5. The molecule has 0 unspecified atom stereocenters. The van der Waals surface area contributed by atoms with Crippen molar-refractivity contribution in [1.29, 1.82) is 0 Å². The second kappa shape index (κ2) is 7.63. The number of nitrogens with one attached hydrogen (secondary N) is 1. The summed E-state index contributed by atoms with van der Waals surface area (Å²) in [5.74, 6) is -0.329. The van der Waals surface area contributed by atoms with E-state index in [1.165, 1.54) is 5.56 Å². The summed E-state index contributed by atoms with van der Waals surface area (Å²) in [6, 6.07) is 23.4. The van der Waals surface area contributed by atoms with Gasteiger partial charge in [0.25, 0.3) is 5.91 Å². The van der Waals surface area contributed by atoms with Gasteiger partial charge >= 0.3 is 0 Å². The first-order chi connectivity index (χ1) is 14.8. The summed E-state index contributed by atoms with van der Waals surface area (Å²) in [5, 5.41) is 12.7. The van der Waals surface area contributed by atoms with Gasteiger partial charge in [0.05, 0.1) is 6.21 Å². The van der Waals surface area contributed by atoms with Gasteiger partial charge in [-0.1, -0.05) is 48.5 Å². The van der Waals surface area contributed by atoms with Crippen molar-refractivity contribution in [3.8, 4) is 0 Å². The van der Waals surface area contributed by atoms with Gasteiger partial charge in [0.1, 0.15) is 11.0 Å². The molecule has 0 spiro atoms. The largest absolute Gasteiger partial charge is 0.342 e. The topological polar surface area (TPSA) is 85.3 Å². The number of hydrogen-bond donors (Lipinski definition) is 1. The molecule has 0 fully saturated rings. The van der Waals surface area contributed by atoms with Crippen LogP contribution < -0.4 is 5.43 Å². The highest BCUT2D eigenvalue weighted by Gasteiger charge is 2.09. The Morgan fingerprint density at radius 1 is 1.00 bits per heavy atom. The second-order valence-corrected chi connectivity index (χ2v) is 6.88. The van der Waals surface area contributed by atoms with E-state index in [4.69, 9.17) is 0 Å². The van der Waals surface area contributed by atoms with Gasteiger partial charge in [-0.15, -0.1) is 0 Å². The molecule has 7 nitrogen and oxygen atoms in total. The summed E-state index contributed by atoms with van der Waals surface area (Å²) in [6.07, 6.45) is 3.71. The number of hydrogen-bond acceptors (Lipinski definition) is 5. The summed E-state index contributed by atoms with van der Waals surface area (Å²) in [4.78, 5) is 12.4. The first-order valence-electron chi connectivity index (χ1n) is 9.45. The molecular weight excluding hydrogens is 378 g/mol. The lowest BCUT2D eigenvalue weighted by molar-refractivity contribution is 0.0955. The Balaban J connectivity index is 1.38. The van der Waals surface area contributed by atoms with E-state index in [0.717, 1.165) is 23.0 Å². The molecule has 7 heteroatoms. The molecule has 30 heavy (non-hydrogen) atoms. The first-order valence-corrected chi connectivity index (χ1v) is 9.45. The van der Waals surface area contributed by atoms with Crippen molar-refractivity contribution in [2.24, 2.45) is 5.10 Å². The highest BCUT2D eigenvalue weighted by atomic mass is 16.6. The Bertz CT molecular complexity index is 1370. The van der Waals surface area contributed by atoms with Gasteiger partial charge in [0.15, 0.2) is 0 Å². The number of rotatable bonds is 5. The molecule has 2 heterocycles. The molecule has 0 aliphatic heterocycles. The van der Waals surface area contributed by atoms with E-state index in [1.807, 2.05) is 42.6 Å². The van der Waals surface area contributed by atoms with Crippen molar-refractivity contribution < 1.29 is 9.42 Å². The highest BCUT2D eigenvalue weighted by Crippen LogP contribution is 2.21. The van der Waals surface area contributed by atoms with E-state index in [9.17, 15) is 4.79 Å². The van der Waals surface area contributed by atoms with Crippen LogP contribution in [0.25, 0.3) is 21.9 Å². The maximum Gasteiger partial charge on any atom is 0.271 e. The summed E-state index contributed by atoms with van der Waals surface area (Å²) >= 11 is 0. The number of para-hydroxylation sites is 1. The van der Waals surface area contributed by atoms with Crippen molar-refractivity contribution >= 4 is 34.1 Å². The number of benzene rings is 3. The maximum atomic E-state index is 12.4. The third kappa shape index (κ3) is 3.44. The van der Waals surface area contributed by atoms with Gasteiger partial charge in [-0.05, 0) is 40.1 Å². The molecule has 0 saturated heterocycles. The smallest absolute Gasteiger partial charge is 0.271 e. The monoisotopic (exact) mass is 395 g/mol. The summed E-state index contributed by atoms with van der Waals surface area (Å²) in [6.45, 7) is 0.757. The molecule has 2 aromatic heterocycles. The maximum absolute atomic E-state index is 12.4. The van der Waals surface area contributed by atoms with Crippen LogP contribution in [-0.2, 0) is 6.54 Å². The summed E-state index contributed by atoms with van der Waals surface area (Å²) in [5.41, 5.74) is 7.38. The third-order valence-corrected chi connectivity index (χ3v) is 4.90. The third-order valence-electron chi connectivity index (χ3n) is 4.90. The lowest BCUT2D eigenvalue weighted by Gasteiger charge is -2.05. The van der Waals surface area contributed by atoms with Gasteiger partial charge in [0.2, 0.25) is 0 Å². The average molecular weight is 395 g/mol. The molecule has 1 N–H and O–H groups in total. The Morgan fingerprint density at radius 3 is 2.70 bits per heavy atom. The minimum atomic E-state index is -0.329. The predicted molar refractivity (Wildman–Crippen MR) is 114 cm³/mol. The lowest BCUT2D eigenvalue weighted by atomic mass is 10.2. The van der Waals surface area contributed by atoms with Gasteiger partial charge < -0.3 is 4.57 Å². The van der Waals surface area contributed by atoms with Crippen LogP contribution in [0.3, 0.4) is 0 Å². The quantitative estimate of drug-likeness (QED) is 0.360. The Hall–Kier alpha value is -4.26. The minimum Gasteiger partial charge on any atom is -0.342 e. The lowest BCUT2D eigenvalue weighted by Crippen LogP contribution is -2.17. The standard InChI is InChI=1S/C23H17N5O2/c29-23(17-10-11-20-21(12-17)27-30-26-20)25-24-13-18-15-28(14-16-6-2-1-3-7-16)22-9-5-4-8-19(18)22/h1-13,15H,14H2,(H,25,29)/b24-13+. The summed E-state index contributed by atoms with van der Waals surface area (Å²) < 4.78 is 6.84. The number of amides is 1. The molecule has 0 aliphatic carbocycles. The van der Waals surface area contributed by atoms with Gasteiger partial charge in [0, 0.05) is 34.8 Å².